The Morgan fingerprint density at radius 3 is 1.56 bits per heavy atom. The first-order valence-electron chi connectivity index (χ1n) is 13.0. The van der Waals surface area contributed by atoms with Gasteiger partial charge in [-0.05, 0) is 78.3 Å². The summed E-state index contributed by atoms with van der Waals surface area (Å²) < 4.78 is 12.3. The molecule has 3 aliphatic rings. The van der Waals surface area contributed by atoms with Crippen molar-refractivity contribution in [2.75, 3.05) is 0 Å². The van der Waals surface area contributed by atoms with Crippen LogP contribution in [-0.4, -0.2) is 24.1 Å². The van der Waals surface area contributed by atoms with E-state index in [-0.39, 0.29) is 36.0 Å². The molecule has 6 atom stereocenters. The van der Waals surface area contributed by atoms with Gasteiger partial charge in [-0.15, -0.1) is 0 Å². The second kappa shape index (κ2) is 9.20. The van der Waals surface area contributed by atoms with Gasteiger partial charge >= 0.3 is 11.9 Å². The third-order valence-corrected chi connectivity index (χ3v) is 8.50. The fourth-order valence-corrected chi connectivity index (χ4v) is 6.73. The van der Waals surface area contributed by atoms with Gasteiger partial charge in [0, 0.05) is 11.8 Å². The summed E-state index contributed by atoms with van der Waals surface area (Å²) in [5, 5.41) is 0. The van der Waals surface area contributed by atoms with E-state index < -0.39 is 0 Å². The minimum Gasteiger partial charge on any atom is -0.455 e. The molecule has 0 aliphatic heterocycles. The number of ether oxygens (including phenoxy) is 2. The molecular weight excluding hydrogens is 424 g/mol. The molecule has 2 aromatic carbocycles. The number of hydrogen-bond donors (Lipinski definition) is 0. The largest absolute Gasteiger partial charge is 0.455 e. The molecule has 0 amide bonds. The van der Waals surface area contributed by atoms with Crippen LogP contribution < -0.4 is 0 Å². The summed E-state index contributed by atoms with van der Waals surface area (Å²) in [6, 6.07) is 15.4. The summed E-state index contributed by atoms with van der Waals surface area (Å²) in [5.41, 5.74) is 3.39. The van der Waals surface area contributed by atoms with Crippen molar-refractivity contribution in [3.63, 3.8) is 0 Å². The molecule has 0 heterocycles. The zero-order chi connectivity index (χ0) is 24.0. The standard InChI is InChI=1S/C30H36O4/c1-17(2)19-8-5-10-21(14-19)29(31)33-27-25-16-26(24-13-7-12-23(24)25)28(27)34-30(32)22-11-6-9-20(15-22)18(3)4/h5-6,8-11,14-15,17-18,23-28H,7,12-13,16H2,1-4H3. The average Bonchev–Trinajstić information content (AvgIpc) is 3.53. The molecule has 6 unspecified atom stereocenters. The van der Waals surface area contributed by atoms with E-state index in [9.17, 15) is 9.59 Å². The molecule has 4 nitrogen and oxygen atoms in total. The zero-order valence-electron chi connectivity index (χ0n) is 20.7. The van der Waals surface area contributed by atoms with Gasteiger partial charge in [-0.1, -0.05) is 58.4 Å². The van der Waals surface area contributed by atoms with Crippen molar-refractivity contribution in [1.29, 1.82) is 0 Å². The Hall–Kier alpha value is -2.62. The van der Waals surface area contributed by atoms with Crippen LogP contribution in [0.3, 0.4) is 0 Å². The van der Waals surface area contributed by atoms with Gasteiger partial charge in [0.15, 0.2) is 0 Å². The van der Waals surface area contributed by atoms with Crippen molar-refractivity contribution in [2.24, 2.45) is 23.7 Å². The number of hydrogen-bond acceptors (Lipinski definition) is 4. The highest BCUT2D eigenvalue weighted by Crippen LogP contribution is 2.60. The molecule has 5 rings (SSSR count). The molecule has 0 aromatic heterocycles. The lowest BCUT2D eigenvalue weighted by molar-refractivity contribution is -0.0766. The van der Waals surface area contributed by atoms with Crippen LogP contribution in [0.1, 0.15) is 97.1 Å². The molecule has 3 aliphatic carbocycles. The Kier molecular flexibility index (Phi) is 6.26. The Morgan fingerprint density at radius 1 is 0.706 bits per heavy atom. The van der Waals surface area contributed by atoms with Gasteiger partial charge in [-0.2, -0.15) is 0 Å². The van der Waals surface area contributed by atoms with Crippen LogP contribution >= 0.6 is 0 Å². The van der Waals surface area contributed by atoms with E-state index in [1.807, 2.05) is 48.5 Å². The monoisotopic (exact) mass is 460 g/mol. The lowest BCUT2D eigenvalue weighted by Crippen LogP contribution is -2.45. The molecule has 0 saturated heterocycles. The Balaban J connectivity index is 1.38. The van der Waals surface area contributed by atoms with Crippen molar-refractivity contribution >= 4 is 11.9 Å². The van der Waals surface area contributed by atoms with Crippen LogP contribution in [0.5, 0.6) is 0 Å². The highest BCUT2D eigenvalue weighted by Gasteiger charge is 2.62. The number of rotatable bonds is 6. The van der Waals surface area contributed by atoms with Crippen LogP contribution in [-0.2, 0) is 9.47 Å². The van der Waals surface area contributed by atoms with E-state index in [4.69, 9.17) is 9.47 Å². The number of esters is 2. The zero-order valence-corrected chi connectivity index (χ0v) is 20.7. The fourth-order valence-electron chi connectivity index (χ4n) is 6.73. The van der Waals surface area contributed by atoms with E-state index in [2.05, 4.69) is 27.7 Å². The van der Waals surface area contributed by atoms with Crippen molar-refractivity contribution in [3.8, 4) is 0 Å². The molecule has 2 bridgehead atoms. The maximum Gasteiger partial charge on any atom is 0.338 e. The van der Waals surface area contributed by atoms with Gasteiger partial charge in [-0.3, -0.25) is 0 Å². The molecule has 2 aromatic rings. The van der Waals surface area contributed by atoms with Crippen molar-refractivity contribution < 1.29 is 19.1 Å². The van der Waals surface area contributed by atoms with Gasteiger partial charge in [-0.25, -0.2) is 9.59 Å². The Bertz CT molecular complexity index is 987. The molecular formula is C30H36O4. The van der Waals surface area contributed by atoms with Crippen LogP contribution in [0, 0.1) is 23.7 Å². The van der Waals surface area contributed by atoms with Gasteiger partial charge in [0.1, 0.15) is 12.2 Å². The van der Waals surface area contributed by atoms with Gasteiger partial charge < -0.3 is 9.47 Å². The molecule has 0 radical (unpaired) electrons. The quantitative estimate of drug-likeness (QED) is 0.447. The topological polar surface area (TPSA) is 52.6 Å². The first kappa shape index (κ1) is 23.1. The third-order valence-electron chi connectivity index (χ3n) is 8.50. The molecule has 4 heteroatoms. The van der Waals surface area contributed by atoms with Crippen LogP contribution in [0.15, 0.2) is 48.5 Å². The van der Waals surface area contributed by atoms with E-state index in [1.54, 1.807) is 0 Å². The average molecular weight is 461 g/mol. The fraction of sp³-hybridized carbons (Fsp3) is 0.533. The van der Waals surface area contributed by atoms with E-state index in [0.717, 1.165) is 17.5 Å². The number of carbonyl (C=O) groups excluding carboxylic acids is 2. The summed E-state index contributed by atoms with van der Waals surface area (Å²) >= 11 is 0. The Labute approximate surface area is 203 Å². The third kappa shape index (κ3) is 4.16. The maximum atomic E-state index is 13.2. The number of carbonyl (C=O) groups is 2. The SMILES string of the molecule is CC(C)c1cccc(C(=O)OC2C3CC(C4CCCC43)C2OC(=O)c2cccc(C(C)C)c2)c1. The summed E-state index contributed by atoms with van der Waals surface area (Å²) in [7, 11) is 0. The van der Waals surface area contributed by atoms with Crippen molar-refractivity contribution in [1.82, 2.24) is 0 Å². The Morgan fingerprint density at radius 2 is 1.15 bits per heavy atom. The van der Waals surface area contributed by atoms with Gasteiger partial charge in [0.2, 0.25) is 0 Å². The molecule has 0 spiro atoms. The summed E-state index contributed by atoms with van der Waals surface area (Å²) in [6.45, 7) is 8.46. The predicted molar refractivity (Wildman–Crippen MR) is 132 cm³/mol. The minimum absolute atomic E-state index is 0.287. The van der Waals surface area contributed by atoms with E-state index >= 15 is 0 Å². The normalized spacial score (nSPS) is 29.5. The first-order valence-corrected chi connectivity index (χ1v) is 13.0. The highest BCUT2D eigenvalue weighted by molar-refractivity contribution is 5.90. The number of benzene rings is 2. The van der Waals surface area contributed by atoms with Crippen molar-refractivity contribution in [2.45, 2.75) is 77.4 Å². The molecule has 180 valence electrons. The molecule has 3 fully saturated rings. The van der Waals surface area contributed by atoms with Crippen LogP contribution in [0.4, 0.5) is 0 Å². The maximum absolute atomic E-state index is 13.2. The van der Waals surface area contributed by atoms with Crippen molar-refractivity contribution in [3.05, 3.63) is 70.8 Å². The van der Waals surface area contributed by atoms with E-state index in [0.29, 0.717) is 34.8 Å². The first-order chi connectivity index (χ1) is 16.3. The molecule has 3 saturated carbocycles. The van der Waals surface area contributed by atoms with Crippen LogP contribution in [0.2, 0.25) is 0 Å². The number of fused-ring (bicyclic) bond motifs is 5. The summed E-state index contributed by atoms with van der Waals surface area (Å²) in [5.74, 6) is 1.81. The smallest absolute Gasteiger partial charge is 0.338 e. The van der Waals surface area contributed by atoms with Gasteiger partial charge in [0.25, 0.3) is 0 Å². The second-order valence-electron chi connectivity index (χ2n) is 11.1. The highest BCUT2D eigenvalue weighted by atomic mass is 16.6. The molecule has 34 heavy (non-hydrogen) atoms. The minimum atomic E-state index is -0.364. The molecule has 0 N–H and O–H groups in total. The lowest BCUT2D eigenvalue weighted by Gasteiger charge is -2.37. The summed E-state index contributed by atoms with van der Waals surface area (Å²) in [4.78, 5) is 26.4. The predicted octanol–water partition coefficient (Wildman–Crippen LogP) is 6.75. The van der Waals surface area contributed by atoms with Crippen LogP contribution in [0.25, 0.3) is 0 Å². The van der Waals surface area contributed by atoms with Gasteiger partial charge in [0.05, 0.1) is 11.1 Å². The second-order valence-corrected chi connectivity index (χ2v) is 11.1. The lowest BCUT2D eigenvalue weighted by atomic mass is 9.78. The summed E-state index contributed by atoms with van der Waals surface area (Å²) in [6.07, 6.45) is 3.87. The van der Waals surface area contributed by atoms with E-state index in [1.165, 1.54) is 19.3 Å².